The number of phenols is 1. The van der Waals surface area contributed by atoms with Crippen molar-refractivity contribution in [3.05, 3.63) is 22.2 Å². The van der Waals surface area contributed by atoms with Crippen LogP contribution in [0.25, 0.3) is 0 Å². The molecule has 1 atom stereocenters. The fourth-order valence-electron chi connectivity index (χ4n) is 1.47. The maximum absolute atomic E-state index is 10.5. The van der Waals surface area contributed by atoms with Gasteiger partial charge in [-0.3, -0.25) is 4.79 Å². The molecule has 1 rings (SSSR count). The average molecular weight is 304 g/mol. The molecule has 0 saturated heterocycles. The van der Waals surface area contributed by atoms with Gasteiger partial charge in [0.25, 0.3) is 0 Å². The number of aliphatic carboxylic acids is 1. The number of rotatable bonds is 5. The molecule has 0 saturated carbocycles. The Labute approximate surface area is 107 Å². The van der Waals surface area contributed by atoms with Gasteiger partial charge in [0.05, 0.1) is 7.11 Å². The van der Waals surface area contributed by atoms with E-state index in [0.717, 1.165) is 0 Å². The van der Waals surface area contributed by atoms with Gasteiger partial charge < -0.3 is 20.7 Å². The van der Waals surface area contributed by atoms with Crippen LogP contribution in [0.4, 0.5) is 0 Å². The zero-order valence-corrected chi connectivity index (χ0v) is 10.9. The molecule has 94 valence electrons. The number of aromatic hydroxyl groups is 1. The summed E-state index contributed by atoms with van der Waals surface area (Å²) in [4.78, 5) is 10.5. The van der Waals surface area contributed by atoms with Gasteiger partial charge in [0, 0.05) is 22.5 Å². The number of nitrogens with two attached hydrogens (primary N) is 1. The monoisotopic (exact) mass is 303 g/mol. The molecular formula is C11H14BrNO4. The number of ether oxygens (including phenoxy) is 1. The van der Waals surface area contributed by atoms with E-state index in [4.69, 9.17) is 15.6 Å². The maximum Gasteiger partial charge on any atom is 0.303 e. The van der Waals surface area contributed by atoms with Crippen molar-refractivity contribution >= 4 is 21.9 Å². The fraction of sp³-hybridized carbons (Fsp3) is 0.364. The Bertz CT molecular complexity index is 422. The molecule has 0 aliphatic rings. The smallest absolute Gasteiger partial charge is 0.303 e. The molecule has 0 amide bonds. The molecule has 0 spiro atoms. The van der Waals surface area contributed by atoms with Crippen molar-refractivity contribution in [3.8, 4) is 11.5 Å². The summed E-state index contributed by atoms with van der Waals surface area (Å²) in [6, 6.07) is 2.73. The van der Waals surface area contributed by atoms with Crippen molar-refractivity contribution in [2.75, 3.05) is 7.11 Å². The topological polar surface area (TPSA) is 92.8 Å². The summed E-state index contributed by atoms with van der Waals surface area (Å²) >= 11 is 3.27. The van der Waals surface area contributed by atoms with Gasteiger partial charge in [0.1, 0.15) is 0 Å². The number of carboxylic acid groups (broad SMARTS) is 1. The zero-order chi connectivity index (χ0) is 13.0. The second-order valence-corrected chi connectivity index (χ2v) is 4.50. The van der Waals surface area contributed by atoms with Crippen LogP contribution in [0.5, 0.6) is 11.5 Å². The molecule has 4 N–H and O–H groups in total. The maximum atomic E-state index is 10.5. The largest absolute Gasteiger partial charge is 0.504 e. The summed E-state index contributed by atoms with van der Waals surface area (Å²) in [6.07, 6.45) is 0.206. The Morgan fingerprint density at radius 3 is 2.76 bits per heavy atom. The first-order valence-electron chi connectivity index (χ1n) is 4.99. The third kappa shape index (κ3) is 3.61. The standard InChI is InChI=1S/C11H14BrNO4/c1-17-9-5-6(12)4-7(11(9)16)8(13)2-3-10(14)15/h4-5,8,16H,2-3,13H2,1H3,(H,14,15). The van der Waals surface area contributed by atoms with Gasteiger partial charge in [-0.1, -0.05) is 15.9 Å². The van der Waals surface area contributed by atoms with Gasteiger partial charge in [0.2, 0.25) is 0 Å². The van der Waals surface area contributed by atoms with Crippen LogP contribution in [-0.2, 0) is 4.79 Å². The molecule has 0 aromatic heterocycles. The van der Waals surface area contributed by atoms with Crippen LogP contribution in [0, 0.1) is 0 Å². The number of carbonyl (C=O) groups is 1. The van der Waals surface area contributed by atoms with E-state index in [1.807, 2.05) is 0 Å². The minimum atomic E-state index is -0.915. The highest BCUT2D eigenvalue weighted by Crippen LogP contribution is 2.37. The predicted octanol–water partition coefficient (Wildman–Crippen LogP) is 2.03. The Hall–Kier alpha value is -1.27. The highest BCUT2D eigenvalue weighted by Gasteiger charge is 2.16. The van der Waals surface area contributed by atoms with Crippen LogP contribution < -0.4 is 10.5 Å². The zero-order valence-electron chi connectivity index (χ0n) is 9.31. The van der Waals surface area contributed by atoms with Crippen LogP contribution in [-0.4, -0.2) is 23.3 Å². The summed E-state index contributed by atoms with van der Waals surface area (Å²) in [5.41, 5.74) is 6.31. The van der Waals surface area contributed by atoms with Crippen molar-refractivity contribution in [3.63, 3.8) is 0 Å². The molecule has 17 heavy (non-hydrogen) atoms. The molecule has 1 aromatic rings. The molecule has 1 aromatic carbocycles. The lowest BCUT2D eigenvalue weighted by molar-refractivity contribution is -0.137. The van der Waals surface area contributed by atoms with Crippen molar-refractivity contribution in [2.24, 2.45) is 5.73 Å². The molecule has 0 aliphatic heterocycles. The van der Waals surface area contributed by atoms with Crippen LogP contribution in [0.15, 0.2) is 16.6 Å². The van der Waals surface area contributed by atoms with Crippen molar-refractivity contribution in [1.29, 1.82) is 0 Å². The van der Waals surface area contributed by atoms with E-state index in [1.54, 1.807) is 12.1 Å². The Morgan fingerprint density at radius 1 is 1.59 bits per heavy atom. The number of hydrogen-bond acceptors (Lipinski definition) is 4. The lowest BCUT2D eigenvalue weighted by atomic mass is 10.0. The number of hydrogen-bond donors (Lipinski definition) is 3. The highest BCUT2D eigenvalue weighted by molar-refractivity contribution is 9.10. The minimum Gasteiger partial charge on any atom is -0.504 e. The van der Waals surface area contributed by atoms with Gasteiger partial charge in [-0.2, -0.15) is 0 Å². The van der Waals surface area contributed by atoms with Crippen molar-refractivity contribution < 1.29 is 19.7 Å². The van der Waals surface area contributed by atoms with Crippen molar-refractivity contribution in [2.45, 2.75) is 18.9 Å². The lowest BCUT2D eigenvalue weighted by Crippen LogP contribution is -2.12. The number of halogens is 1. The van der Waals surface area contributed by atoms with E-state index < -0.39 is 12.0 Å². The summed E-state index contributed by atoms with van der Waals surface area (Å²) in [7, 11) is 1.44. The minimum absolute atomic E-state index is 0.0462. The fourth-order valence-corrected chi connectivity index (χ4v) is 1.92. The van der Waals surface area contributed by atoms with E-state index in [-0.39, 0.29) is 18.6 Å². The molecule has 1 unspecified atom stereocenters. The summed E-state index contributed by atoms with van der Waals surface area (Å²) < 4.78 is 5.71. The number of methoxy groups -OCH3 is 1. The first-order valence-corrected chi connectivity index (χ1v) is 5.78. The summed E-state index contributed by atoms with van der Waals surface area (Å²) in [6.45, 7) is 0. The van der Waals surface area contributed by atoms with E-state index in [0.29, 0.717) is 15.8 Å². The quantitative estimate of drug-likeness (QED) is 0.774. The van der Waals surface area contributed by atoms with Gasteiger partial charge in [-0.25, -0.2) is 0 Å². The van der Waals surface area contributed by atoms with Gasteiger partial charge >= 0.3 is 5.97 Å². The third-order valence-corrected chi connectivity index (χ3v) is 2.82. The normalized spacial score (nSPS) is 12.2. The van der Waals surface area contributed by atoms with Gasteiger partial charge in [-0.05, 0) is 18.6 Å². The second-order valence-electron chi connectivity index (χ2n) is 3.58. The van der Waals surface area contributed by atoms with E-state index >= 15 is 0 Å². The third-order valence-electron chi connectivity index (χ3n) is 2.36. The van der Waals surface area contributed by atoms with Crippen molar-refractivity contribution in [1.82, 2.24) is 0 Å². The molecule has 0 aliphatic carbocycles. The van der Waals surface area contributed by atoms with Crippen LogP contribution in [0.3, 0.4) is 0 Å². The molecule has 0 fully saturated rings. The number of benzene rings is 1. The predicted molar refractivity (Wildman–Crippen MR) is 66.2 cm³/mol. The first-order chi connectivity index (χ1) is 7.95. The SMILES string of the molecule is COc1cc(Br)cc(C(N)CCC(=O)O)c1O. The Balaban J connectivity index is 2.96. The second kappa shape index (κ2) is 5.88. The molecule has 6 heteroatoms. The summed E-state index contributed by atoms with van der Waals surface area (Å²) in [5.74, 6) is -0.657. The van der Waals surface area contributed by atoms with E-state index in [2.05, 4.69) is 15.9 Å². The Morgan fingerprint density at radius 2 is 2.24 bits per heavy atom. The lowest BCUT2D eigenvalue weighted by Gasteiger charge is -2.15. The molecule has 0 radical (unpaired) electrons. The van der Waals surface area contributed by atoms with E-state index in [1.165, 1.54) is 7.11 Å². The van der Waals surface area contributed by atoms with Crippen LogP contribution >= 0.6 is 15.9 Å². The van der Waals surface area contributed by atoms with Gasteiger partial charge in [0.15, 0.2) is 11.5 Å². The summed E-state index contributed by atoms with van der Waals surface area (Å²) in [5, 5.41) is 18.5. The van der Waals surface area contributed by atoms with Gasteiger partial charge in [-0.15, -0.1) is 0 Å². The first kappa shape index (κ1) is 13.8. The average Bonchev–Trinajstić information content (AvgIpc) is 2.28. The number of phenolic OH excluding ortho intramolecular Hbond substituents is 1. The Kier molecular flexibility index (Phi) is 4.77. The number of carboxylic acids is 1. The molecule has 5 nitrogen and oxygen atoms in total. The molecule has 0 heterocycles. The van der Waals surface area contributed by atoms with Crippen LogP contribution in [0.1, 0.15) is 24.4 Å². The molecular weight excluding hydrogens is 290 g/mol. The van der Waals surface area contributed by atoms with E-state index in [9.17, 15) is 9.90 Å². The highest BCUT2D eigenvalue weighted by atomic mass is 79.9. The van der Waals surface area contributed by atoms with Crippen LogP contribution in [0.2, 0.25) is 0 Å². The molecule has 0 bridgehead atoms.